The average molecular weight is 457 g/mol. The Morgan fingerprint density at radius 2 is 1.80 bits per heavy atom. The normalized spacial score (nSPS) is 11.4. The molecule has 2 amide bonds. The summed E-state index contributed by atoms with van der Waals surface area (Å²) >= 11 is 12.1. The molecule has 10 heteroatoms. The fourth-order valence-corrected chi connectivity index (χ4v) is 3.42. The second-order valence-electron chi connectivity index (χ2n) is 6.56. The Morgan fingerprint density at radius 3 is 2.47 bits per heavy atom. The maximum atomic E-state index is 13.1. The molecule has 158 valence electrons. The van der Waals surface area contributed by atoms with Gasteiger partial charge in [-0.25, -0.2) is 4.79 Å². The Morgan fingerprint density at radius 1 is 1.10 bits per heavy atom. The summed E-state index contributed by atoms with van der Waals surface area (Å²) in [5.74, 6) is 0. The number of anilines is 2. The Bertz CT molecular complexity index is 1100. The molecule has 0 radical (unpaired) electrons. The molecule has 3 aromatic rings. The molecule has 2 N–H and O–H groups in total. The molecule has 0 bridgehead atoms. The highest BCUT2D eigenvalue weighted by Gasteiger charge is 2.33. The van der Waals surface area contributed by atoms with Crippen molar-refractivity contribution >= 4 is 40.6 Å². The van der Waals surface area contributed by atoms with Crippen LogP contribution in [0.25, 0.3) is 0 Å². The zero-order valence-electron chi connectivity index (χ0n) is 15.9. The molecule has 0 fully saturated rings. The summed E-state index contributed by atoms with van der Waals surface area (Å²) in [4.78, 5) is 12.4. The summed E-state index contributed by atoms with van der Waals surface area (Å²) < 4.78 is 41.0. The zero-order chi connectivity index (χ0) is 22.1. The number of amides is 2. The first kappa shape index (κ1) is 22.0. The smallest absolute Gasteiger partial charge is 0.307 e. The number of hydrogen-bond acceptors (Lipinski definition) is 2. The van der Waals surface area contributed by atoms with Gasteiger partial charge in [-0.3, -0.25) is 4.68 Å². The first-order valence-electron chi connectivity index (χ1n) is 8.78. The quantitative estimate of drug-likeness (QED) is 0.469. The minimum atomic E-state index is -4.58. The number of benzene rings is 2. The first-order chi connectivity index (χ1) is 14.1. The van der Waals surface area contributed by atoms with E-state index in [-0.39, 0.29) is 5.69 Å². The number of nitrogens with zero attached hydrogens (tertiary/aromatic N) is 2. The number of carbonyl (C=O) groups excluding carboxylic acids is 1. The molecule has 30 heavy (non-hydrogen) atoms. The first-order valence-corrected chi connectivity index (χ1v) is 9.54. The van der Waals surface area contributed by atoms with E-state index in [1.807, 2.05) is 0 Å². The van der Waals surface area contributed by atoms with E-state index < -0.39 is 17.8 Å². The van der Waals surface area contributed by atoms with Crippen LogP contribution in [0.4, 0.5) is 29.3 Å². The lowest BCUT2D eigenvalue weighted by Gasteiger charge is -2.14. The molecule has 0 spiro atoms. The topological polar surface area (TPSA) is 59.0 Å². The molecule has 0 saturated heterocycles. The van der Waals surface area contributed by atoms with Crippen molar-refractivity contribution in [3.8, 4) is 0 Å². The van der Waals surface area contributed by atoms with E-state index >= 15 is 0 Å². The lowest BCUT2D eigenvalue weighted by Crippen LogP contribution is -2.22. The Labute approximate surface area is 180 Å². The highest BCUT2D eigenvalue weighted by atomic mass is 35.5. The minimum absolute atomic E-state index is 0.335. The number of para-hydroxylation sites is 1. The average Bonchev–Trinajstić information content (AvgIpc) is 2.91. The molecule has 3 rings (SSSR count). The molecule has 0 atom stereocenters. The third kappa shape index (κ3) is 4.88. The molecule has 1 heterocycles. The van der Waals surface area contributed by atoms with Crippen LogP contribution >= 0.6 is 23.2 Å². The second-order valence-corrected chi connectivity index (χ2v) is 7.41. The van der Waals surface area contributed by atoms with Crippen molar-refractivity contribution in [2.45, 2.75) is 26.6 Å². The zero-order valence-corrected chi connectivity index (χ0v) is 17.5. The van der Waals surface area contributed by atoms with Crippen molar-refractivity contribution in [2.75, 3.05) is 10.6 Å². The van der Waals surface area contributed by atoms with Gasteiger partial charge >= 0.3 is 12.2 Å². The maximum Gasteiger partial charge on any atom is 0.418 e. The summed E-state index contributed by atoms with van der Waals surface area (Å²) in [6.45, 7) is 3.76. The van der Waals surface area contributed by atoms with E-state index in [1.54, 1.807) is 36.7 Å². The van der Waals surface area contributed by atoms with Gasteiger partial charge in [-0.05, 0) is 43.7 Å². The molecule has 0 aliphatic heterocycles. The number of halogens is 5. The van der Waals surface area contributed by atoms with Crippen LogP contribution in [-0.2, 0) is 12.7 Å². The van der Waals surface area contributed by atoms with E-state index in [1.165, 1.54) is 18.2 Å². The van der Waals surface area contributed by atoms with Crippen molar-refractivity contribution in [2.24, 2.45) is 0 Å². The van der Waals surface area contributed by atoms with Gasteiger partial charge in [0.2, 0.25) is 0 Å². The fraction of sp³-hybridized carbons (Fsp3) is 0.200. The number of aryl methyl sites for hydroxylation is 1. The van der Waals surface area contributed by atoms with Gasteiger partial charge in [0.25, 0.3) is 0 Å². The number of carbonyl (C=O) groups is 1. The molecule has 0 aliphatic carbocycles. The monoisotopic (exact) mass is 456 g/mol. The van der Waals surface area contributed by atoms with Crippen molar-refractivity contribution in [1.82, 2.24) is 9.78 Å². The van der Waals surface area contributed by atoms with E-state index in [9.17, 15) is 18.0 Å². The van der Waals surface area contributed by atoms with Crippen LogP contribution in [0, 0.1) is 13.8 Å². The summed E-state index contributed by atoms with van der Waals surface area (Å²) in [6, 6.07) is 9.06. The van der Waals surface area contributed by atoms with Crippen LogP contribution in [-0.4, -0.2) is 15.8 Å². The molecular weight excluding hydrogens is 440 g/mol. The number of hydrogen-bond donors (Lipinski definition) is 2. The van der Waals surface area contributed by atoms with Crippen LogP contribution in [0.15, 0.2) is 42.5 Å². The van der Waals surface area contributed by atoms with Crippen molar-refractivity contribution in [3.63, 3.8) is 0 Å². The number of rotatable bonds is 4. The molecule has 0 unspecified atom stereocenters. The van der Waals surface area contributed by atoms with E-state index in [0.29, 0.717) is 33.7 Å². The van der Waals surface area contributed by atoms with Crippen LogP contribution in [0.5, 0.6) is 0 Å². The van der Waals surface area contributed by atoms with E-state index in [2.05, 4.69) is 15.7 Å². The van der Waals surface area contributed by atoms with Gasteiger partial charge in [0, 0.05) is 10.0 Å². The Hall–Kier alpha value is -2.71. The van der Waals surface area contributed by atoms with E-state index in [0.717, 1.165) is 11.6 Å². The molecule has 1 aromatic heterocycles. The predicted molar refractivity (Wildman–Crippen MR) is 111 cm³/mol. The maximum absolute atomic E-state index is 13.1. The molecule has 0 aliphatic rings. The second kappa shape index (κ2) is 8.57. The van der Waals surface area contributed by atoms with Crippen molar-refractivity contribution in [3.05, 3.63) is 75.0 Å². The van der Waals surface area contributed by atoms with Gasteiger partial charge < -0.3 is 10.6 Å². The van der Waals surface area contributed by atoms with Gasteiger partial charge in [-0.2, -0.15) is 18.3 Å². The number of aromatic nitrogens is 2. The van der Waals surface area contributed by atoms with E-state index in [4.69, 9.17) is 23.2 Å². The van der Waals surface area contributed by atoms with Gasteiger partial charge in [-0.15, -0.1) is 0 Å². The fourth-order valence-electron chi connectivity index (χ4n) is 2.95. The van der Waals surface area contributed by atoms with Crippen molar-refractivity contribution in [1.29, 1.82) is 0 Å². The largest absolute Gasteiger partial charge is 0.418 e. The summed E-state index contributed by atoms with van der Waals surface area (Å²) in [5.41, 5.74) is 1.05. The standard InChI is InChI=1S/C20H17Cl2F3N4O/c1-11-18(12(2)29(28-11)10-13-7-8-14(21)9-16(13)22)27-19(30)26-17-6-4-3-5-15(17)20(23,24)25/h3-9H,10H2,1-2H3,(H2,26,27,30). The molecule has 5 nitrogen and oxygen atoms in total. The third-order valence-corrected chi connectivity index (χ3v) is 5.02. The van der Waals surface area contributed by atoms with Gasteiger partial charge in [0.05, 0.1) is 34.9 Å². The van der Waals surface area contributed by atoms with Crippen LogP contribution in [0.2, 0.25) is 10.0 Å². The third-order valence-electron chi connectivity index (χ3n) is 4.44. The number of urea groups is 1. The van der Waals surface area contributed by atoms with Crippen LogP contribution in [0.1, 0.15) is 22.5 Å². The highest BCUT2D eigenvalue weighted by molar-refractivity contribution is 6.35. The highest BCUT2D eigenvalue weighted by Crippen LogP contribution is 2.34. The lowest BCUT2D eigenvalue weighted by molar-refractivity contribution is -0.136. The van der Waals surface area contributed by atoms with Crippen LogP contribution < -0.4 is 10.6 Å². The minimum Gasteiger partial charge on any atom is -0.307 e. The number of alkyl halides is 3. The van der Waals surface area contributed by atoms with Gasteiger partial charge in [0.15, 0.2) is 0 Å². The number of nitrogens with one attached hydrogen (secondary N) is 2. The molecule has 0 saturated carbocycles. The Balaban J connectivity index is 1.79. The van der Waals surface area contributed by atoms with Gasteiger partial charge in [0.1, 0.15) is 0 Å². The SMILES string of the molecule is Cc1nn(Cc2ccc(Cl)cc2Cl)c(C)c1NC(=O)Nc1ccccc1C(F)(F)F. The molecular formula is C20H17Cl2F3N4O. The summed E-state index contributed by atoms with van der Waals surface area (Å²) in [6.07, 6.45) is -4.58. The Kier molecular flexibility index (Phi) is 6.28. The predicted octanol–water partition coefficient (Wildman–Crippen LogP) is 6.52. The molecule has 2 aromatic carbocycles. The van der Waals surface area contributed by atoms with Gasteiger partial charge in [-0.1, -0.05) is 41.4 Å². The summed E-state index contributed by atoms with van der Waals surface area (Å²) in [7, 11) is 0. The summed E-state index contributed by atoms with van der Waals surface area (Å²) in [5, 5.41) is 10.2. The lowest BCUT2D eigenvalue weighted by atomic mass is 10.1. The van der Waals surface area contributed by atoms with Crippen molar-refractivity contribution < 1.29 is 18.0 Å². The van der Waals surface area contributed by atoms with Crippen LogP contribution in [0.3, 0.4) is 0 Å².